The first-order valence-electron chi connectivity index (χ1n) is 11.7. The number of carbonyl (C=O) groups excluding carboxylic acids is 1. The number of ether oxygens (including phenoxy) is 1. The molecule has 7 nitrogen and oxygen atoms in total. The van der Waals surface area contributed by atoms with E-state index in [2.05, 4.69) is 16.0 Å². The molecule has 37 heavy (non-hydrogen) atoms. The maximum absolute atomic E-state index is 12.9. The molecule has 1 radical (unpaired) electrons. The van der Waals surface area contributed by atoms with Crippen molar-refractivity contribution in [3.05, 3.63) is 65.9 Å². The molecule has 1 unspecified atom stereocenters. The summed E-state index contributed by atoms with van der Waals surface area (Å²) in [5.74, 6) is 1.41. The van der Waals surface area contributed by atoms with Gasteiger partial charge in [0, 0.05) is 38.4 Å². The highest BCUT2D eigenvalue weighted by Gasteiger charge is 2.33. The molecule has 3 aromatic rings. The maximum Gasteiger partial charge on any atom is 0.577 e. The fourth-order valence-corrected chi connectivity index (χ4v) is 4.67. The number of hydrogen-bond donors (Lipinski definition) is 2. The average Bonchev–Trinajstić information content (AvgIpc) is 3.22. The van der Waals surface area contributed by atoms with Crippen molar-refractivity contribution in [3.8, 4) is 34.1 Å². The fourth-order valence-electron chi connectivity index (χ4n) is 4.67. The molecule has 1 amide bonds. The van der Waals surface area contributed by atoms with Crippen molar-refractivity contribution in [1.29, 1.82) is 5.26 Å². The predicted molar refractivity (Wildman–Crippen MR) is 132 cm³/mol. The molecule has 0 bridgehead atoms. The summed E-state index contributed by atoms with van der Waals surface area (Å²) in [5, 5.41) is 21.5. The number of halogens is 3. The van der Waals surface area contributed by atoms with Gasteiger partial charge in [-0.3, -0.25) is 4.79 Å². The lowest BCUT2D eigenvalue weighted by Gasteiger charge is -2.29. The normalized spacial score (nSPS) is 15.5. The zero-order valence-electron chi connectivity index (χ0n) is 20.4. The van der Waals surface area contributed by atoms with Gasteiger partial charge in [-0.05, 0) is 35.7 Å². The molecule has 1 aromatic heterocycles. The van der Waals surface area contributed by atoms with Crippen molar-refractivity contribution < 1.29 is 32.2 Å². The van der Waals surface area contributed by atoms with Gasteiger partial charge in [-0.25, -0.2) is 5.26 Å². The highest BCUT2D eigenvalue weighted by atomic mass is 19.4. The Morgan fingerprint density at radius 1 is 1.19 bits per heavy atom. The summed E-state index contributed by atoms with van der Waals surface area (Å²) in [7, 11) is 5.35. The van der Waals surface area contributed by atoms with Gasteiger partial charge >= 0.3 is 13.8 Å². The van der Waals surface area contributed by atoms with Crippen molar-refractivity contribution in [3.63, 3.8) is 0 Å². The predicted octanol–water partition coefficient (Wildman–Crippen LogP) is 4.06. The minimum atomic E-state index is -4.83. The molecule has 0 saturated carbocycles. The van der Waals surface area contributed by atoms with Crippen molar-refractivity contribution in [1.82, 2.24) is 9.88 Å². The lowest BCUT2D eigenvalue weighted by Crippen LogP contribution is -2.41. The number of amides is 1. The Balaban J connectivity index is 1.84. The summed E-state index contributed by atoms with van der Waals surface area (Å²) in [6.07, 6.45) is -4.45. The Kier molecular flexibility index (Phi) is 7.34. The molecule has 0 aliphatic carbocycles. The smallest absolute Gasteiger partial charge is 0.406 e. The first-order chi connectivity index (χ1) is 17.5. The minimum absolute atomic E-state index is 0.0941. The summed E-state index contributed by atoms with van der Waals surface area (Å²) in [6, 6.07) is 14.7. The largest absolute Gasteiger partial charge is 0.577 e. The van der Waals surface area contributed by atoms with Gasteiger partial charge in [0.15, 0.2) is 0 Å². The van der Waals surface area contributed by atoms with Crippen LogP contribution in [-0.4, -0.2) is 61.0 Å². The van der Waals surface area contributed by atoms with E-state index in [1.165, 1.54) is 25.6 Å². The van der Waals surface area contributed by atoms with Crippen molar-refractivity contribution in [2.75, 3.05) is 27.2 Å². The third-order valence-corrected chi connectivity index (χ3v) is 6.20. The topological polar surface area (TPSA) is 87.3 Å². The molecule has 11 heteroatoms. The van der Waals surface area contributed by atoms with Crippen molar-refractivity contribution in [2.45, 2.75) is 25.4 Å². The maximum atomic E-state index is 12.9. The number of nitrogens with one attached hydrogen (secondary N) is 1. The van der Waals surface area contributed by atoms with Gasteiger partial charge in [-0.2, -0.15) is 0 Å². The van der Waals surface area contributed by atoms with Crippen molar-refractivity contribution in [2.24, 2.45) is 0 Å². The monoisotopic (exact) mass is 510 g/mol. The number of nitrogens with zero attached hydrogens (tertiary/aromatic N) is 3. The second-order valence-corrected chi connectivity index (χ2v) is 9.51. The quantitative estimate of drug-likeness (QED) is 0.448. The van der Waals surface area contributed by atoms with E-state index in [4.69, 9.17) is 5.26 Å². The van der Waals surface area contributed by atoms with Crippen LogP contribution in [0, 0.1) is 11.2 Å². The number of nitriles is 1. The SMILES string of the molecule is C[N+](C)([B]C#N)Cc1ccc(-c2c(-c3cccc(OC(F)(F)F)c3)cc3n2C(CCO)CNC3=O)cc1. The zero-order chi connectivity index (χ0) is 26.8. The molecule has 0 spiro atoms. The van der Waals surface area contributed by atoms with Crippen LogP contribution in [-0.2, 0) is 6.54 Å². The lowest BCUT2D eigenvalue weighted by atomic mass is 9.90. The number of hydrogen-bond acceptors (Lipinski definition) is 4. The lowest BCUT2D eigenvalue weighted by molar-refractivity contribution is -0.791. The van der Waals surface area contributed by atoms with E-state index in [0.29, 0.717) is 46.4 Å². The second-order valence-electron chi connectivity index (χ2n) is 9.51. The number of rotatable bonds is 8. The van der Waals surface area contributed by atoms with Gasteiger partial charge in [0.25, 0.3) is 5.91 Å². The van der Waals surface area contributed by atoms with E-state index in [-0.39, 0.29) is 24.3 Å². The molecular weight excluding hydrogens is 484 g/mol. The highest BCUT2D eigenvalue weighted by molar-refractivity contribution is 6.36. The van der Waals surface area contributed by atoms with Gasteiger partial charge in [-0.1, -0.05) is 36.4 Å². The summed E-state index contributed by atoms with van der Waals surface area (Å²) < 4.78 is 45.0. The Bertz CT molecular complexity index is 1330. The molecule has 0 fully saturated rings. The molecule has 2 N–H and O–H groups in total. The van der Waals surface area contributed by atoms with Gasteiger partial charge in [0.05, 0.1) is 24.2 Å². The first kappa shape index (κ1) is 26.3. The molecule has 1 aliphatic rings. The van der Waals surface area contributed by atoms with E-state index in [9.17, 15) is 23.1 Å². The molecule has 191 valence electrons. The Morgan fingerprint density at radius 3 is 2.57 bits per heavy atom. The van der Waals surface area contributed by atoms with Crippen LogP contribution in [0.5, 0.6) is 5.75 Å². The number of benzene rings is 2. The van der Waals surface area contributed by atoms with Crippen LogP contribution in [0.2, 0.25) is 0 Å². The molecule has 1 atom stereocenters. The van der Waals surface area contributed by atoms with Gasteiger partial charge < -0.3 is 24.1 Å². The van der Waals surface area contributed by atoms with Crippen LogP contribution in [0.25, 0.3) is 22.4 Å². The summed E-state index contributed by atoms with van der Waals surface area (Å²) in [4.78, 5) is 12.8. The Morgan fingerprint density at radius 2 is 1.92 bits per heavy atom. The van der Waals surface area contributed by atoms with Crippen LogP contribution in [0.4, 0.5) is 13.2 Å². The number of carbonyl (C=O) groups is 1. The minimum Gasteiger partial charge on any atom is -0.406 e. The molecule has 4 rings (SSSR count). The third kappa shape index (κ3) is 5.98. The van der Waals surface area contributed by atoms with E-state index in [1.807, 2.05) is 42.9 Å². The van der Waals surface area contributed by atoms with E-state index >= 15 is 0 Å². The van der Waals surface area contributed by atoms with Crippen LogP contribution in [0.1, 0.15) is 28.5 Å². The van der Waals surface area contributed by atoms with E-state index in [0.717, 1.165) is 11.1 Å². The number of aliphatic hydroxyl groups is 1. The van der Waals surface area contributed by atoms with Crippen LogP contribution < -0.4 is 10.1 Å². The van der Waals surface area contributed by atoms with Crippen molar-refractivity contribution >= 4 is 13.3 Å². The van der Waals surface area contributed by atoms with E-state index < -0.39 is 6.36 Å². The number of aromatic nitrogens is 1. The van der Waals surface area contributed by atoms with Gasteiger partial charge in [0.2, 0.25) is 0 Å². The van der Waals surface area contributed by atoms with Crippen LogP contribution >= 0.6 is 0 Å². The Hall–Kier alpha value is -3.75. The average molecular weight is 510 g/mol. The first-order valence-corrected chi connectivity index (χ1v) is 11.7. The number of alkyl halides is 3. The highest BCUT2D eigenvalue weighted by Crippen LogP contribution is 2.40. The van der Waals surface area contributed by atoms with Gasteiger partial charge in [-0.15, -0.1) is 13.2 Å². The summed E-state index contributed by atoms with van der Waals surface area (Å²) >= 11 is 0. The Labute approximate surface area is 213 Å². The van der Waals surface area contributed by atoms with Gasteiger partial charge in [0.1, 0.15) is 11.4 Å². The summed E-state index contributed by atoms with van der Waals surface area (Å²) in [5.41, 5.74) is 3.81. The molecular formula is C26H26BF3N4O3+. The zero-order valence-corrected chi connectivity index (χ0v) is 20.4. The van der Waals surface area contributed by atoms with Crippen LogP contribution in [0.15, 0.2) is 54.6 Å². The molecule has 0 saturated heterocycles. The molecule has 2 heterocycles. The molecule has 1 aliphatic heterocycles. The number of fused-ring (bicyclic) bond motifs is 1. The van der Waals surface area contributed by atoms with Crippen LogP contribution in [0.3, 0.4) is 0 Å². The fraction of sp³-hybridized carbons (Fsp3) is 0.308. The third-order valence-electron chi connectivity index (χ3n) is 6.20. The second kappa shape index (κ2) is 10.3. The number of aliphatic hydroxyl groups excluding tert-OH is 1. The van der Waals surface area contributed by atoms with E-state index in [1.54, 1.807) is 12.1 Å². The summed E-state index contributed by atoms with van der Waals surface area (Å²) in [6.45, 7) is 0.807. The molecule has 2 aromatic carbocycles. The number of quaternary nitrogens is 1. The standard InChI is InChI=1S/C26H26BF3N4O3/c1-34(2,27-16-31)15-17-6-8-18(9-7-17)24-22(19-4-3-5-21(12-19)37-26(28,29)30)13-23-25(36)32-14-20(10-11-35)33(23)24/h3-9,12-13,20,35H,10-11,14-15H2,1-2H3,(H,32,36)/q+1.